The summed E-state index contributed by atoms with van der Waals surface area (Å²) < 4.78 is 13.1. The van der Waals surface area contributed by atoms with Crippen molar-refractivity contribution in [2.45, 2.75) is 25.5 Å². The Morgan fingerprint density at radius 3 is 3.29 bits per heavy atom. The zero-order valence-electron chi connectivity index (χ0n) is 7.98. The van der Waals surface area contributed by atoms with Gasteiger partial charge in [-0.2, -0.15) is 0 Å². The number of hydrogen-bond donors (Lipinski definition) is 0. The molecular formula is C11H13NO2. The fourth-order valence-electron chi connectivity index (χ4n) is 2.08. The molecule has 14 heavy (non-hydrogen) atoms. The van der Waals surface area contributed by atoms with Gasteiger partial charge in [-0.15, -0.1) is 0 Å². The van der Waals surface area contributed by atoms with Gasteiger partial charge in [0.2, 0.25) is 0 Å². The normalized spacial score (nSPS) is 22.1. The van der Waals surface area contributed by atoms with Crippen LogP contribution in [0.4, 0.5) is 0 Å². The predicted octanol–water partition coefficient (Wildman–Crippen LogP) is 2.41. The van der Waals surface area contributed by atoms with Crippen LogP contribution in [0.5, 0.6) is 0 Å². The van der Waals surface area contributed by atoms with E-state index in [1.807, 2.05) is 12.1 Å². The first-order valence-corrected chi connectivity index (χ1v) is 5.07. The molecule has 2 aromatic rings. The predicted molar refractivity (Wildman–Crippen MR) is 53.2 cm³/mol. The van der Waals surface area contributed by atoms with Crippen LogP contribution in [0.1, 0.15) is 12.8 Å². The van der Waals surface area contributed by atoms with Crippen LogP contribution < -0.4 is 0 Å². The number of fused-ring (bicyclic) bond motifs is 1. The maximum atomic E-state index is 5.60. The molecule has 0 amide bonds. The van der Waals surface area contributed by atoms with Gasteiger partial charge in [0, 0.05) is 25.4 Å². The lowest BCUT2D eigenvalue weighted by molar-refractivity contribution is 0.0980. The molecule has 1 fully saturated rings. The van der Waals surface area contributed by atoms with E-state index in [0.717, 1.165) is 18.7 Å². The minimum Gasteiger partial charge on any atom is -0.463 e. The van der Waals surface area contributed by atoms with Crippen LogP contribution in [0.15, 0.2) is 29.0 Å². The summed E-state index contributed by atoms with van der Waals surface area (Å²) in [6, 6.07) is 4.01. The van der Waals surface area contributed by atoms with E-state index in [9.17, 15) is 0 Å². The molecule has 0 aliphatic carbocycles. The molecule has 3 rings (SSSR count). The average molecular weight is 191 g/mol. The summed E-state index contributed by atoms with van der Waals surface area (Å²) in [5.41, 5.74) is 2.13. The highest BCUT2D eigenvalue weighted by atomic mass is 16.5. The highest BCUT2D eigenvalue weighted by Gasteiger charge is 2.16. The number of nitrogens with zero attached hydrogens (tertiary/aromatic N) is 1. The van der Waals surface area contributed by atoms with Crippen molar-refractivity contribution in [3.8, 4) is 0 Å². The van der Waals surface area contributed by atoms with Gasteiger partial charge in [0.15, 0.2) is 5.58 Å². The molecule has 0 saturated carbocycles. The summed E-state index contributed by atoms with van der Waals surface area (Å²) in [5.74, 6) is 0. The molecule has 0 spiro atoms. The Labute approximate surface area is 82.3 Å². The van der Waals surface area contributed by atoms with Crippen LogP contribution >= 0.6 is 0 Å². The number of hydrogen-bond acceptors (Lipinski definition) is 2. The standard InChI is InChI=1S/C11H13NO2/c1-2-9(13-6-1)8-12-5-3-11-10(12)4-7-14-11/h3-5,7,9H,1-2,6,8H2. The van der Waals surface area contributed by atoms with Gasteiger partial charge >= 0.3 is 0 Å². The molecule has 1 aliphatic heterocycles. The summed E-state index contributed by atoms with van der Waals surface area (Å²) >= 11 is 0. The van der Waals surface area contributed by atoms with Crippen LogP contribution in [-0.4, -0.2) is 17.3 Å². The molecule has 2 aromatic heterocycles. The second-order valence-electron chi connectivity index (χ2n) is 3.77. The monoisotopic (exact) mass is 191 g/mol. The van der Waals surface area contributed by atoms with Gasteiger partial charge in [0.25, 0.3) is 0 Å². The van der Waals surface area contributed by atoms with Crippen molar-refractivity contribution in [2.75, 3.05) is 6.61 Å². The van der Waals surface area contributed by atoms with Gasteiger partial charge in [-0.1, -0.05) is 0 Å². The third-order valence-corrected chi connectivity index (χ3v) is 2.81. The van der Waals surface area contributed by atoms with Crippen LogP contribution in [0.2, 0.25) is 0 Å². The van der Waals surface area contributed by atoms with Crippen molar-refractivity contribution >= 4 is 11.1 Å². The highest BCUT2D eigenvalue weighted by molar-refractivity contribution is 5.73. The van der Waals surface area contributed by atoms with Crippen molar-refractivity contribution in [2.24, 2.45) is 0 Å². The van der Waals surface area contributed by atoms with E-state index < -0.39 is 0 Å². The van der Waals surface area contributed by atoms with E-state index in [1.54, 1.807) is 6.26 Å². The van der Waals surface area contributed by atoms with Gasteiger partial charge in [0.05, 0.1) is 17.9 Å². The Balaban J connectivity index is 1.86. The Morgan fingerprint density at radius 2 is 2.43 bits per heavy atom. The summed E-state index contributed by atoms with van der Waals surface area (Å²) in [6.07, 6.45) is 6.56. The van der Waals surface area contributed by atoms with Crippen molar-refractivity contribution in [3.63, 3.8) is 0 Å². The van der Waals surface area contributed by atoms with Crippen molar-refractivity contribution in [1.82, 2.24) is 4.57 Å². The smallest absolute Gasteiger partial charge is 0.151 e. The molecule has 0 aromatic carbocycles. The Morgan fingerprint density at radius 1 is 1.43 bits per heavy atom. The van der Waals surface area contributed by atoms with Crippen LogP contribution in [-0.2, 0) is 11.3 Å². The highest BCUT2D eigenvalue weighted by Crippen LogP contribution is 2.20. The third kappa shape index (κ3) is 1.24. The molecule has 0 radical (unpaired) electrons. The zero-order valence-corrected chi connectivity index (χ0v) is 7.98. The maximum Gasteiger partial charge on any atom is 0.151 e. The molecule has 3 heteroatoms. The van der Waals surface area contributed by atoms with E-state index in [1.165, 1.54) is 18.4 Å². The van der Waals surface area contributed by atoms with E-state index in [-0.39, 0.29) is 0 Å². The number of furan rings is 1. The summed E-state index contributed by atoms with van der Waals surface area (Å²) in [4.78, 5) is 0. The quantitative estimate of drug-likeness (QED) is 0.729. The second kappa shape index (κ2) is 3.17. The minimum atomic E-state index is 0.389. The topological polar surface area (TPSA) is 27.3 Å². The molecule has 1 atom stereocenters. The Hall–Kier alpha value is -1.22. The molecule has 3 nitrogen and oxygen atoms in total. The van der Waals surface area contributed by atoms with E-state index in [4.69, 9.17) is 9.15 Å². The fraction of sp³-hybridized carbons (Fsp3) is 0.455. The van der Waals surface area contributed by atoms with E-state index in [0.29, 0.717) is 6.10 Å². The average Bonchev–Trinajstić information content (AvgIpc) is 2.85. The zero-order chi connectivity index (χ0) is 9.38. The first-order valence-electron chi connectivity index (χ1n) is 5.07. The summed E-state index contributed by atoms with van der Waals surface area (Å²) in [5, 5.41) is 0. The van der Waals surface area contributed by atoms with Gasteiger partial charge < -0.3 is 13.7 Å². The van der Waals surface area contributed by atoms with Crippen molar-refractivity contribution in [1.29, 1.82) is 0 Å². The van der Waals surface area contributed by atoms with Crippen molar-refractivity contribution < 1.29 is 9.15 Å². The molecule has 1 aliphatic rings. The van der Waals surface area contributed by atoms with Gasteiger partial charge in [-0.05, 0) is 18.9 Å². The number of rotatable bonds is 2. The molecule has 3 heterocycles. The fourth-order valence-corrected chi connectivity index (χ4v) is 2.08. The molecule has 74 valence electrons. The van der Waals surface area contributed by atoms with Crippen molar-refractivity contribution in [3.05, 3.63) is 24.6 Å². The SMILES string of the molecule is c1cc2c(ccn2CC2CCCO2)o1. The molecular weight excluding hydrogens is 178 g/mol. The molecule has 0 N–H and O–H groups in total. The van der Waals surface area contributed by atoms with Gasteiger partial charge in [0.1, 0.15) is 0 Å². The lowest BCUT2D eigenvalue weighted by atomic mass is 10.2. The first kappa shape index (κ1) is 8.12. The largest absolute Gasteiger partial charge is 0.463 e. The third-order valence-electron chi connectivity index (χ3n) is 2.81. The number of aromatic nitrogens is 1. The Bertz CT molecular complexity index is 423. The van der Waals surface area contributed by atoms with E-state index >= 15 is 0 Å². The Kier molecular flexibility index (Phi) is 1.84. The van der Waals surface area contributed by atoms with Crippen LogP contribution in [0.25, 0.3) is 11.1 Å². The first-order chi connectivity index (χ1) is 6.93. The lowest BCUT2D eigenvalue weighted by Crippen LogP contribution is -2.13. The minimum absolute atomic E-state index is 0.389. The van der Waals surface area contributed by atoms with E-state index in [2.05, 4.69) is 10.8 Å². The van der Waals surface area contributed by atoms with Crippen LogP contribution in [0, 0.1) is 0 Å². The number of ether oxygens (including phenoxy) is 1. The maximum absolute atomic E-state index is 5.60. The summed E-state index contributed by atoms with van der Waals surface area (Å²) in [7, 11) is 0. The molecule has 0 bridgehead atoms. The summed E-state index contributed by atoms with van der Waals surface area (Å²) in [6.45, 7) is 1.86. The van der Waals surface area contributed by atoms with Crippen LogP contribution in [0.3, 0.4) is 0 Å². The molecule has 1 saturated heterocycles. The second-order valence-corrected chi connectivity index (χ2v) is 3.77. The van der Waals surface area contributed by atoms with Gasteiger partial charge in [-0.25, -0.2) is 0 Å². The molecule has 1 unspecified atom stereocenters. The lowest BCUT2D eigenvalue weighted by Gasteiger charge is -2.10. The van der Waals surface area contributed by atoms with Gasteiger partial charge in [-0.3, -0.25) is 0 Å².